The highest BCUT2D eigenvalue weighted by Crippen LogP contribution is 2.15. The zero-order chi connectivity index (χ0) is 10.5. The highest BCUT2D eigenvalue weighted by Gasteiger charge is 2.31. The summed E-state index contributed by atoms with van der Waals surface area (Å²) in [5.74, 6) is -0.910. The molecular weight excluding hydrogens is 191 g/mol. The molecule has 0 aliphatic rings. The summed E-state index contributed by atoms with van der Waals surface area (Å²) >= 11 is 0. The van der Waals surface area contributed by atoms with E-state index in [1.165, 1.54) is 6.92 Å². The van der Waals surface area contributed by atoms with Crippen LogP contribution in [0.1, 0.15) is 6.92 Å². The quantitative estimate of drug-likeness (QED) is 0.669. The summed E-state index contributed by atoms with van der Waals surface area (Å²) in [7, 11) is 0. The third kappa shape index (κ3) is 6.35. The van der Waals surface area contributed by atoms with Crippen molar-refractivity contribution in [1.82, 2.24) is 0 Å². The van der Waals surface area contributed by atoms with Gasteiger partial charge in [0.15, 0.2) is 0 Å². The Bertz CT molecular complexity index is 171. The number of halogens is 3. The minimum atomic E-state index is -4.77. The van der Waals surface area contributed by atoms with Gasteiger partial charge in [0.25, 0.3) is 0 Å². The van der Waals surface area contributed by atoms with Crippen molar-refractivity contribution in [3.63, 3.8) is 0 Å². The molecule has 0 aliphatic carbocycles. The number of carbonyl (C=O) groups is 1. The van der Waals surface area contributed by atoms with Crippen LogP contribution in [0.5, 0.6) is 0 Å². The zero-order valence-electron chi connectivity index (χ0n) is 6.93. The maximum atomic E-state index is 11.4. The molecule has 0 saturated heterocycles. The lowest BCUT2D eigenvalue weighted by Crippen LogP contribution is -2.38. The van der Waals surface area contributed by atoms with Gasteiger partial charge < -0.3 is 10.5 Å². The predicted octanol–water partition coefficient (Wildman–Crippen LogP) is 0.413. The van der Waals surface area contributed by atoms with Gasteiger partial charge in [0, 0.05) is 0 Å². The third-order valence-corrected chi connectivity index (χ3v) is 1.02. The maximum absolute atomic E-state index is 11.4. The molecule has 2 N–H and O–H groups in total. The topological polar surface area (TPSA) is 61.5 Å². The highest BCUT2D eigenvalue weighted by molar-refractivity contribution is 5.75. The lowest BCUT2D eigenvalue weighted by Gasteiger charge is -2.12. The van der Waals surface area contributed by atoms with Crippen LogP contribution in [-0.2, 0) is 14.3 Å². The van der Waals surface area contributed by atoms with Crippen LogP contribution in [0.25, 0.3) is 0 Å². The first-order chi connectivity index (χ1) is 5.87. The van der Waals surface area contributed by atoms with Crippen LogP contribution in [0.4, 0.5) is 13.2 Å². The second-order valence-electron chi connectivity index (χ2n) is 2.12. The fourth-order valence-corrected chi connectivity index (χ4v) is 0.502. The number of hydrogen-bond donors (Lipinski definition) is 1. The summed E-state index contributed by atoms with van der Waals surface area (Å²) in [4.78, 5) is 10.7. The minimum Gasteiger partial charge on any atom is -0.465 e. The standard InChI is InChI=1S/C6H10F3NO3/c1-2-12-5(11)4(10)3-13-6(7,8)9/h4H,2-3,10H2,1H3/t4-/m1/s1. The first kappa shape index (κ1) is 12.2. The van der Waals surface area contributed by atoms with Crippen molar-refractivity contribution in [2.75, 3.05) is 13.2 Å². The SMILES string of the molecule is CCOC(=O)[C@H](N)COC(F)(F)F. The van der Waals surface area contributed by atoms with Crippen molar-refractivity contribution in [2.24, 2.45) is 5.73 Å². The van der Waals surface area contributed by atoms with Crippen LogP contribution in [0.15, 0.2) is 0 Å². The zero-order valence-corrected chi connectivity index (χ0v) is 6.93. The van der Waals surface area contributed by atoms with Gasteiger partial charge in [0.05, 0.1) is 13.2 Å². The predicted molar refractivity (Wildman–Crippen MR) is 36.6 cm³/mol. The summed E-state index contributed by atoms with van der Waals surface area (Å²) in [6.45, 7) is 0.663. The molecule has 0 aromatic rings. The van der Waals surface area contributed by atoms with Gasteiger partial charge in [-0.05, 0) is 6.92 Å². The van der Waals surface area contributed by atoms with Crippen LogP contribution in [0.3, 0.4) is 0 Å². The van der Waals surface area contributed by atoms with E-state index in [4.69, 9.17) is 5.73 Å². The molecule has 0 unspecified atom stereocenters. The van der Waals surface area contributed by atoms with Gasteiger partial charge in [-0.25, -0.2) is 0 Å². The molecule has 0 spiro atoms. The molecule has 1 atom stereocenters. The molecule has 0 rings (SSSR count). The van der Waals surface area contributed by atoms with Gasteiger partial charge in [-0.2, -0.15) is 0 Å². The van der Waals surface area contributed by atoms with Crippen molar-refractivity contribution < 1.29 is 27.4 Å². The molecule has 4 nitrogen and oxygen atoms in total. The number of carbonyl (C=O) groups excluding carboxylic acids is 1. The second kappa shape index (κ2) is 5.03. The summed E-state index contributed by atoms with van der Waals surface area (Å²) in [5.41, 5.74) is 5.01. The van der Waals surface area contributed by atoms with Crippen molar-refractivity contribution >= 4 is 5.97 Å². The Morgan fingerprint density at radius 2 is 2.08 bits per heavy atom. The fraction of sp³-hybridized carbons (Fsp3) is 0.833. The number of esters is 1. The minimum absolute atomic E-state index is 0.0680. The van der Waals surface area contributed by atoms with E-state index < -0.39 is 25.0 Å². The average molecular weight is 201 g/mol. The lowest BCUT2D eigenvalue weighted by atomic mass is 10.3. The monoisotopic (exact) mass is 201 g/mol. The van der Waals surface area contributed by atoms with Gasteiger partial charge in [-0.3, -0.25) is 9.53 Å². The highest BCUT2D eigenvalue weighted by atomic mass is 19.4. The lowest BCUT2D eigenvalue weighted by molar-refractivity contribution is -0.325. The Kier molecular flexibility index (Phi) is 4.71. The number of alkyl halides is 3. The van der Waals surface area contributed by atoms with Crippen molar-refractivity contribution in [2.45, 2.75) is 19.3 Å². The molecular formula is C6H10F3NO3. The Balaban J connectivity index is 3.74. The maximum Gasteiger partial charge on any atom is 0.522 e. The van der Waals surface area contributed by atoms with E-state index in [1.807, 2.05) is 0 Å². The van der Waals surface area contributed by atoms with Crippen LogP contribution in [0.2, 0.25) is 0 Å². The summed E-state index contributed by atoms with van der Waals surface area (Å²) in [6, 6.07) is -1.40. The molecule has 0 radical (unpaired) electrons. The molecule has 78 valence electrons. The van der Waals surface area contributed by atoms with Gasteiger partial charge in [0.2, 0.25) is 0 Å². The van der Waals surface area contributed by atoms with Crippen molar-refractivity contribution in [3.8, 4) is 0 Å². The van der Waals surface area contributed by atoms with Crippen LogP contribution < -0.4 is 5.73 Å². The molecule has 0 amide bonds. The molecule has 0 heterocycles. The molecule has 7 heteroatoms. The van der Waals surface area contributed by atoms with E-state index in [9.17, 15) is 18.0 Å². The van der Waals surface area contributed by atoms with Gasteiger partial charge in [0.1, 0.15) is 6.04 Å². The fourth-order valence-electron chi connectivity index (χ4n) is 0.502. The number of hydrogen-bond acceptors (Lipinski definition) is 4. The average Bonchev–Trinajstić information content (AvgIpc) is 1.99. The number of ether oxygens (including phenoxy) is 2. The second-order valence-corrected chi connectivity index (χ2v) is 2.12. The Labute approximate surface area is 72.8 Å². The number of rotatable bonds is 4. The molecule has 0 aromatic heterocycles. The molecule has 0 aromatic carbocycles. The molecule has 13 heavy (non-hydrogen) atoms. The first-order valence-electron chi connectivity index (χ1n) is 3.49. The Hall–Kier alpha value is -0.820. The molecule has 0 bridgehead atoms. The smallest absolute Gasteiger partial charge is 0.465 e. The summed E-state index contributed by atoms with van der Waals surface area (Å²) in [5, 5.41) is 0. The largest absolute Gasteiger partial charge is 0.522 e. The van der Waals surface area contributed by atoms with Crippen molar-refractivity contribution in [1.29, 1.82) is 0 Å². The van der Waals surface area contributed by atoms with Crippen LogP contribution >= 0.6 is 0 Å². The van der Waals surface area contributed by atoms with E-state index in [-0.39, 0.29) is 6.61 Å². The molecule has 0 fully saturated rings. The van der Waals surface area contributed by atoms with Gasteiger partial charge in [-0.15, -0.1) is 13.2 Å². The summed E-state index contributed by atoms with van der Waals surface area (Å²) in [6.07, 6.45) is -4.77. The van der Waals surface area contributed by atoms with Crippen LogP contribution in [0, 0.1) is 0 Å². The molecule has 0 aliphatic heterocycles. The van der Waals surface area contributed by atoms with E-state index >= 15 is 0 Å². The summed E-state index contributed by atoms with van der Waals surface area (Å²) < 4.78 is 42.0. The van der Waals surface area contributed by atoms with E-state index in [0.717, 1.165) is 0 Å². The van der Waals surface area contributed by atoms with Gasteiger partial charge >= 0.3 is 12.3 Å². The van der Waals surface area contributed by atoms with Crippen molar-refractivity contribution in [3.05, 3.63) is 0 Å². The van der Waals surface area contributed by atoms with E-state index in [0.29, 0.717) is 0 Å². The van der Waals surface area contributed by atoms with Gasteiger partial charge in [-0.1, -0.05) is 0 Å². The molecule has 0 saturated carbocycles. The third-order valence-electron chi connectivity index (χ3n) is 1.02. The Morgan fingerprint density at radius 1 is 1.54 bits per heavy atom. The Morgan fingerprint density at radius 3 is 2.46 bits per heavy atom. The first-order valence-corrected chi connectivity index (χ1v) is 3.49. The normalized spacial score (nSPS) is 13.9. The van der Waals surface area contributed by atoms with Crippen LogP contribution in [-0.4, -0.2) is 31.6 Å². The van der Waals surface area contributed by atoms with E-state index in [2.05, 4.69) is 9.47 Å². The number of nitrogens with two attached hydrogens (primary N) is 1. The van der Waals surface area contributed by atoms with E-state index in [1.54, 1.807) is 0 Å².